The lowest BCUT2D eigenvalue weighted by atomic mass is 10.2. The minimum Gasteiger partial charge on any atom is -0.508 e. The third-order valence-corrected chi connectivity index (χ3v) is 3.29. The standard InChI is InChI=1S/C15H15N3O3/c1-21-11-3-5-14(19)9(6-11)8-16-10-2-4-12-13(7-10)18-15(20)17-12/h2-7,16,19H,8H2,1H3,(H2,17,18,20). The van der Waals surface area contributed by atoms with Gasteiger partial charge in [0.05, 0.1) is 18.1 Å². The molecule has 0 atom stereocenters. The van der Waals surface area contributed by atoms with Crippen molar-refractivity contribution in [2.45, 2.75) is 6.54 Å². The molecule has 1 aromatic heterocycles. The van der Waals surface area contributed by atoms with E-state index in [4.69, 9.17) is 4.74 Å². The smallest absolute Gasteiger partial charge is 0.323 e. The van der Waals surface area contributed by atoms with Gasteiger partial charge >= 0.3 is 5.69 Å². The zero-order valence-electron chi connectivity index (χ0n) is 11.4. The van der Waals surface area contributed by atoms with Gasteiger partial charge in [-0.2, -0.15) is 0 Å². The molecule has 0 spiro atoms. The molecule has 0 amide bonds. The molecule has 0 aliphatic rings. The average molecular weight is 285 g/mol. The number of aromatic hydroxyl groups is 1. The number of rotatable bonds is 4. The Balaban J connectivity index is 1.81. The van der Waals surface area contributed by atoms with Crippen molar-refractivity contribution >= 4 is 16.7 Å². The molecule has 0 bridgehead atoms. The Morgan fingerprint density at radius 3 is 2.76 bits per heavy atom. The maximum absolute atomic E-state index is 11.2. The number of imidazole rings is 1. The molecule has 0 saturated heterocycles. The van der Waals surface area contributed by atoms with Crippen molar-refractivity contribution < 1.29 is 9.84 Å². The number of aromatic amines is 2. The Hall–Kier alpha value is -2.89. The second-order valence-electron chi connectivity index (χ2n) is 4.69. The van der Waals surface area contributed by atoms with Crippen molar-refractivity contribution in [1.29, 1.82) is 0 Å². The maximum atomic E-state index is 11.2. The fourth-order valence-corrected chi connectivity index (χ4v) is 2.17. The highest BCUT2D eigenvalue weighted by Crippen LogP contribution is 2.24. The summed E-state index contributed by atoms with van der Waals surface area (Å²) in [6, 6.07) is 10.6. The largest absolute Gasteiger partial charge is 0.508 e. The number of benzene rings is 2. The number of aromatic nitrogens is 2. The number of ether oxygens (including phenoxy) is 1. The van der Waals surface area contributed by atoms with Crippen molar-refractivity contribution in [3.63, 3.8) is 0 Å². The van der Waals surface area contributed by atoms with Crippen LogP contribution >= 0.6 is 0 Å². The molecule has 21 heavy (non-hydrogen) atoms. The van der Waals surface area contributed by atoms with Crippen molar-refractivity contribution in [3.05, 3.63) is 52.4 Å². The first-order valence-corrected chi connectivity index (χ1v) is 6.47. The zero-order valence-corrected chi connectivity index (χ0v) is 11.4. The van der Waals surface area contributed by atoms with Gasteiger partial charge in [0.2, 0.25) is 0 Å². The van der Waals surface area contributed by atoms with Gasteiger partial charge in [0.25, 0.3) is 0 Å². The van der Waals surface area contributed by atoms with Crippen LogP contribution in [0.15, 0.2) is 41.2 Å². The van der Waals surface area contributed by atoms with Crippen LogP contribution in [0.4, 0.5) is 5.69 Å². The zero-order chi connectivity index (χ0) is 14.8. The third kappa shape index (κ3) is 2.69. The number of nitrogens with one attached hydrogen (secondary N) is 3. The molecular weight excluding hydrogens is 270 g/mol. The Bertz CT molecular complexity index is 836. The van der Waals surface area contributed by atoms with Gasteiger partial charge < -0.3 is 25.1 Å². The Kier molecular flexibility index (Phi) is 3.27. The summed E-state index contributed by atoms with van der Waals surface area (Å²) in [5.74, 6) is 0.898. The Labute approximate surface area is 120 Å². The molecule has 0 fully saturated rings. The summed E-state index contributed by atoms with van der Waals surface area (Å²) in [5.41, 5.74) is 2.85. The minimum atomic E-state index is -0.229. The van der Waals surface area contributed by atoms with Gasteiger partial charge in [-0.3, -0.25) is 0 Å². The van der Waals surface area contributed by atoms with E-state index in [9.17, 15) is 9.90 Å². The highest BCUT2D eigenvalue weighted by atomic mass is 16.5. The van der Waals surface area contributed by atoms with Gasteiger partial charge in [0, 0.05) is 17.8 Å². The van der Waals surface area contributed by atoms with E-state index in [0.717, 1.165) is 22.3 Å². The van der Waals surface area contributed by atoms with E-state index in [2.05, 4.69) is 15.3 Å². The summed E-state index contributed by atoms with van der Waals surface area (Å²) in [6.07, 6.45) is 0. The van der Waals surface area contributed by atoms with E-state index in [1.54, 1.807) is 25.3 Å². The number of H-pyrrole nitrogens is 2. The predicted octanol–water partition coefficient (Wildman–Crippen LogP) is 2.18. The molecule has 6 nitrogen and oxygen atoms in total. The number of hydrogen-bond donors (Lipinski definition) is 4. The number of phenolic OH excluding ortho intramolecular Hbond substituents is 1. The van der Waals surface area contributed by atoms with Gasteiger partial charge in [-0.15, -0.1) is 0 Å². The number of anilines is 1. The van der Waals surface area contributed by atoms with E-state index in [1.807, 2.05) is 18.2 Å². The SMILES string of the molecule is COc1ccc(O)c(CNc2ccc3[nH]c(=O)[nH]c3c2)c1. The van der Waals surface area contributed by atoms with Crippen molar-refractivity contribution in [2.24, 2.45) is 0 Å². The topological polar surface area (TPSA) is 90.1 Å². The molecule has 0 aliphatic heterocycles. The van der Waals surface area contributed by atoms with E-state index in [1.165, 1.54) is 0 Å². The van der Waals surface area contributed by atoms with Crippen LogP contribution in [0, 0.1) is 0 Å². The summed E-state index contributed by atoms with van der Waals surface area (Å²) in [4.78, 5) is 16.6. The fourth-order valence-electron chi connectivity index (χ4n) is 2.17. The molecule has 108 valence electrons. The first kappa shape index (κ1) is 13.1. The first-order chi connectivity index (χ1) is 10.2. The molecular formula is C15H15N3O3. The normalized spacial score (nSPS) is 10.7. The summed E-state index contributed by atoms with van der Waals surface area (Å²) in [6.45, 7) is 0.448. The molecule has 0 aliphatic carbocycles. The predicted molar refractivity (Wildman–Crippen MR) is 80.9 cm³/mol. The number of methoxy groups -OCH3 is 1. The molecule has 0 saturated carbocycles. The summed E-state index contributed by atoms with van der Waals surface area (Å²) < 4.78 is 5.14. The van der Waals surface area contributed by atoms with Gasteiger partial charge in [-0.05, 0) is 36.4 Å². The number of hydrogen-bond acceptors (Lipinski definition) is 4. The summed E-state index contributed by atoms with van der Waals surface area (Å²) >= 11 is 0. The lowest BCUT2D eigenvalue weighted by Crippen LogP contribution is -2.00. The average Bonchev–Trinajstić information content (AvgIpc) is 2.85. The van der Waals surface area contributed by atoms with Crippen LogP contribution in [0.3, 0.4) is 0 Å². The van der Waals surface area contributed by atoms with Crippen LogP contribution in [0.5, 0.6) is 11.5 Å². The lowest BCUT2D eigenvalue weighted by Gasteiger charge is -2.10. The first-order valence-electron chi connectivity index (χ1n) is 6.47. The molecule has 4 N–H and O–H groups in total. The second-order valence-corrected chi connectivity index (χ2v) is 4.69. The molecule has 0 radical (unpaired) electrons. The lowest BCUT2D eigenvalue weighted by molar-refractivity contribution is 0.411. The molecule has 2 aromatic carbocycles. The van der Waals surface area contributed by atoms with Crippen molar-refractivity contribution in [1.82, 2.24) is 9.97 Å². The van der Waals surface area contributed by atoms with Crippen molar-refractivity contribution in [3.8, 4) is 11.5 Å². The molecule has 6 heteroatoms. The molecule has 3 rings (SSSR count). The summed E-state index contributed by atoms with van der Waals surface area (Å²) in [7, 11) is 1.58. The van der Waals surface area contributed by atoms with Crippen LogP contribution in [0.25, 0.3) is 11.0 Å². The van der Waals surface area contributed by atoms with Crippen LogP contribution in [0.2, 0.25) is 0 Å². The van der Waals surface area contributed by atoms with Gasteiger partial charge in [0.1, 0.15) is 11.5 Å². The highest BCUT2D eigenvalue weighted by Gasteiger charge is 2.04. The number of phenols is 1. The van der Waals surface area contributed by atoms with E-state index >= 15 is 0 Å². The van der Waals surface area contributed by atoms with Gasteiger partial charge in [-0.25, -0.2) is 4.79 Å². The van der Waals surface area contributed by atoms with Gasteiger partial charge in [0.15, 0.2) is 0 Å². The fraction of sp³-hybridized carbons (Fsp3) is 0.133. The summed E-state index contributed by atoms with van der Waals surface area (Å²) in [5, 5.41) is 13.0. The number of fused-ring (bicyclic) bond motifs is 1. The van der Waals surface area contributed by atoms with Crippen LogP contribution < -0.4 is 15.7 Å². The van der Waals surface area contributed by atoms with Crippen molar-refractivity contribution in [2.75, 3.05) is 12.4 Å². The molecule has 0 unspecified atom stereocenters. The third-order valence-electron chi connectivity index (χ3n) is 3.29. The van der Waals surface area contributed by atoms with Crippen LogP contribution in [-0.2, 0) is 6.54 Å². The molecule has 1 heterocycles. The van der Waals surface area contributed by atoms with E-state index in [-0.39, 0.29) is 11.4 Å². The maximum Gasteiger partial charge on any atom is 0.323 e. The van der Waals surface area contributed by atoms with Gasteiger partial charge in [-0.1, -0.05) is 0 Å². The Morgan fingerprint density at radius 2 is 1.95 bits per heavy atom. The minimum absolute atomic E-state index is 0.208. The van der Waals surface area contributed by atoms with E-state index in [0.29, 0.717) is 12.3 Å². The van der Waals surface area contributed by atoms with E-state index < -0.39 is 0 Å². The monoisotopic (exact) mass is 285 g/mol. The quantitative estimate of drug-likeness (QED) is 0.591. The highest BCUT2D eigenvalue weighted by molar-refractivity contribution is 5.78. The van der Waals surface area contributed by atoms with Crippen LogP contribution in [-0.4, -0.2) is 22.2 Å². The van der Waals surface area contributed by atoms with Crippen LogP contribution in [0.1, 0.15) is 5.56 Å². The molecule has 3 aromatic rings. The second kappa shape index (κ2) is 5.24. The Morgan fingerprint density at radius 1 is 1.14 bits per heavy atom.